The zero-order valence-corrected chi connectivity index (χ0v) is 11.5. The van der Waals surface area contributed by atoms with Crippen LogP contribution in [0.25, 0.3) is 0 Å². The Bertz CT molecular complexity index is 333. The second-order valence-corrected chi connectivity index (χ2v) is 4.43. The lowest BCUT2D eigenvalue weighted by Crippen LogP contribution is -2.20. The Hall–Kier alpha value is -1.10. The summed E-state index contributed by atoms with van der Waals surface area (Å²) in [7, 11) is 0. The highest BCUT2D eigenvalue weighted by Gasteiger charge is 2.22. The highest BCUT2D eigenvalue weighted by atomic mass is 16.6. The number of aliphatic hydroxyl groups excluding tert-OH is 2. The Balaban J connectivity index is 2.58. The number of hydrogen-bond acceptors (Lipinski definition) is 4. The SMILES string of the molecule is C=C/C=C(\OCCO)C1CC=C(C(O)OCC)CC1. The summed E-state index contributed by atoms with van der Waals surface area (Å²) < 4.78 is 10.7. The van der Waals surface area contributed by atoms with Gasteiger partial charge in [0.2, 0.25) is 0 Å². The molecule has 0 aliphatic heterocycles. The fraction of sp³-hybridized carbons (Fsp3) is 0.600. The van der Waals surface area contributed by atoms with Gasteiger partial charge in [0.1, 0.15) is 6.61 Å². The van der Waals surface area contributed by atoms with E-state index in [1.165, 1.54) is 0 Å². The van der Waals surface area contributed by atoms with Gasteiger partial charge < -0.3 is 19.7 Å². The first kappa shape index (κ1) is 16.0. The standard InChI is InChI=1S/C15H24O4/c1-3-5-14(19-11-10-16)12-6-8-13(9-7-12)15(17)18-4-2/h3,5,8,12,15-17H,1,4,6-7,9-11H2,2H3/b14-5-. The van der Waals surface area contributed by atoms with Crippen LogP contribution in [0.15, 0.2) is 36.1 Å². The van der Waals surface area contributed by atoms with Gasteiger partial charge in [-0.3, -0.25) is 0 Å². The Kier molecular flexibility index (Phi) is 7.48. The molecule has 0 saturated heterocycles. The molecule has 2 unspecified atom stereocenters. The van der Waals surface area contributed by atoms with Gasteiger partial charge in [-0.15, -0.1) is 0 Å². The van der Waals surface area contributed by atoms with Crippen LogP contribution in [0.1, 0.15) is 26.2 Å². The molecule has 1 rings (SSSR count). The van der Waals surface area contributed by atoms with E-state index >= 15 is 0 Å². The molecule has 0 aromatic heterocycles. The highest BCUT2D eigenvalue weighted by Crippen LogP contribution is 2.31. The van der Waals surface area contributed by atoms with Crippen molar-refractivity contribution in [3.63, 3.8) is 0 Å². The second kappa shape index (κ2) is 8.91. The van der Waals surface area contributed by atoms with Crippen molar-refractivity contribution in [2.45, 2.75) is 32.5 Å². The molecule has 0 spiro atoms. The molecule has 0 fully saturated rings. The minimum absolute atomic E-state index is 0.00530. The van der Waals surface area contributed by atoms with Gasteiger partial charge in [0.15, 0.2) is 6.29 Å². The van der Waals surface area contributed by atoms with Crippen LogP contribution in [-0.2, 0) is 9.47 Å². The fourth-order valence-electron chi connectivity index (χ4n) is 2.18. The summed E-state index contributed by atoms with van der Waals surface area (Å²) >= 11 is 0. The van der Waals surface area contributed by atoms with Crippen molar-refractivity contribution in [2.24, 2.45) is 5.92 Å². The lowest BCUT2D eigenvalue weighted by molar-refractivity contribution is -0.0702. The fourth-order valence-corrected chi connectivity index (χ4v) is 2.18. The van der Waals surface area contributed by atoms with E-state index in [1.807, 2.05) is 19.1 Å². The van der Waals surface area contributed by atoms with Gasteiger partial charge >= 0.3 is 0 Å². The van der Waals surface area contributed by atoms with Crippen LogP contribution >= 0.6 is 0 Å². The molecule has 0 radical (unpaired) electrons. The lowest BCUT2D eigenvalue weighted by Gasteiger charge is -2.26. The average Bonchev–Trinajstić information content (AvgIpc) is 2.44. The summed E-state index contributed by atoms with van der Waals surface area (Å²) in [5.74, 6) is 1.13. The van der Waals surface area contributed by atoms with E-state index in [4.69, 9.17) is 14.6 Å². The number of allylic oxidation sites excluding steroid dienone is 4. The highest BCUT2D eigenvalue weighted by molar-refractivity contribution is 5.16. The molecule has 0 aromatic rings. The quantitative estimate of drug-likeness (QED) is 0.306. The summed E-state index contributed by atoms with van der Waals surface area (Å²) in [4.78, 5) is 0. The summed E-state index contributed by atoms with van der Waals surface area (Å²) in [6.45, 7) is 6.35. The summed E-state index contributed by atoms with van der Waals surface area (Å²) in [6.07, 6.45) is 7.29. The van der Waals surface area contributed by atoms with E-state index in [9.17, 15) is 5.11 Å². The molecule has 0 amide bonds. The minimum Gasteiger partial charge on any atom is -0.495 e. The van der Waals surface area contributed by atoms with Gasteiger partial charge in [-0.1, -0.05) is 18.7 Å². The van der Waals surface area contributed by atoms with E-state index < -0.39 is 6.29 Å². The van der Waals surface area contributed by atoms with Crippen LogP contribution in [0.2, 0.25) is 0 Å². The summed E-state index contributed by atoms with van der Waals surface area (Å²) in [6, 6.07) is 0. The second-order valence-electron chi connectivity index (χ2n) is 4.43. The topological polar surface area (TPSA) is 58.9 Å². The van der Waals surface area contributed by atoms with E-state index in [1.54, 1.807) is 6.08 Å². The monoisotopic (exact) mass is 268 g/mol. The van der Waals surface area contributed by atoms with Crippen LogP contribution in [-0.4, -0.2) is 36.3 Å². The first-order valence-corrected chi connectivity index (χ1v) is 6.77. The maximum absolute atomic E-state index is 9.76. The Morgan fingerprint density at radius 3 is 2.95 bits per heavy atom. The molecule has 4 heteroatoms. The molecule has 0 saturated carbocycles. The Morgan fingerprint density at radius 2 is 2.42 bits per heavy atom. The predicted octanol–water partition coefficient (Wildman–Crippen LogP) is 2.15. The molecule has 108 valence electrons. The van der Waals surface area contributed by atoms with Gasteiger partial charge in [-0.25, -0.2) is 0 Å². The normalized spacial score (nSPS) is 21.7. The molecule has 0 aromatic carbocycles. The van der Waals surface area contributed by atoms with Crippen molar-refractivity contribution in [2.75, 3.05) is 19.8 Å². The van der Waals surface area contributed by atoms with Crippen LogP contribution in [0.3, 0.4) is 0 Å². The number of ether oxygens (including phenoxy) is 2. The van der Waals surface area contributed by atoms with Crippen LogP contribution in [0.4, 0.5) is 0 Å². The largest absolute Gasteiger partial charge is 0.495 e. The van der Waals surface area contributed by atoms with E-state index in [-0.39, 0.29) is 12.5 Å². The van der Waals surface area contributed by atoms with E-state index in [0.717, 1.165) is 30.6 Å². The predicted molar refractivity (Wildman–Crippen MR) is 74.4 cm³/mol. The smallest absolute Gasteiger partial charge is 0.177 e. The van der Waals surface area contributed by atoms with Crippen LogP contribution in [0.5, 0.6) is 0 Å². The maximum Gasteiger partial charge on any atom is 0.177 e. The molecule has 0 bridgehead atoms. The third-order valence-electron chi connectivity index (χ3n) is 3.13. The van der Waals surface area contributed by atoms with Crippen molar-refractivity contribution >= 4 is 0 Å². The van der Waals surface area contributed by atoms with Gasteiger partial charge in [0, 0.05) is 12.5 Å². The van der Waals surface area contributed by atoms with Crippen molar-refractivity contribution in [1.82, 2.24) is 0 Å². The van der Waals surface area contributed by atoms with Crippen molar-refractivity contribution in [1.29, 1.82) is 0 Å². The maximum atomic E-state index is 9.76. The molecule has 4 nitrogen and oxygen atoms in total. The van der Waals surface area contributed by atoms with Crippen molar-refractivity contribution in [3.8, 4) is 0 Å². The molecular formula is C15H24O4. The van der Waals surface area contributed by atoms with Crippen molar-refractivity contribution < 1.29 is 19.7 Å². The summed E-state index contributed by atoms with van der Waals surface area (Å²) in [5.41, 5.74) is 0.943. The van der Waals surface area contributed by atoms with Gasteiger partial charge in [-0.2, -0.15) is 0 Å². The Morgan fingerprint density at radius 1 is 1.63 bits per heavy atom. The first-order chi connectivity index (χ1) is 9.22. The average molecular weight is 268 g/mol. The number of aliphatic hydroxyl groups is 2. The third-order valence-corrected chi connectivity index (χ3v) is 3.13. The van der Waals surface area contributed by atoms with E-state index in [2.05, 4.69) is 6.58 Å². The molecule has 19 heavy (non-hydrogen) atoms. The Labute approximate surface area is 115 Å². The van der Waals surface area contributed by atoms with Crippen LogP contribution < -0.4 is 0 Å². The van der Waals surface area contributed by atoms with Gasteiger partial charge in [0.25, 0.3) is 0 Å². The van der Waals surface area contributed by atoms with Gasteiger partial charge in [-0.05, 0) is 37.8 Å². The van der Waals surface area contributed by atoms with Gasteiger partial charge in [0.05, 0.1) is 12.4 Å². The minimum atomic E-state index is -0.781. The zero-order valence-electron chi connectivity index (χ0n) is 11.5. The molecular weight excluding hydrogens is 244 g/mol. The first-order valence-electron chi connectivity index (χ1n) is 6.77. The number of rotatable bonds is 8. The summed E-state index contributed by atoms with van der Waals surface area (Å²) in [5, 5.41) is 18.6. The molecule has 1 aliphatic rings. The van der Waals surface area contributed by atoms with Crippen LogP contribution in [0, 0.1) is 5.92 Å². The third kappa shape index (κ3) is 5.19. The van der Waals surface area contributed by atoms with E-state index in [0.29, 0.717) is 13.2 Å². The molecule has 1 aliphatic carbocycles. The zero-order chi connectivity index (χ0) is 14.1. The van der Waals surface area contributed by atoms with Crippen molar-refractivity contribution in [3.05, 3.63) is 36.1 Å². The lowest BCUT2D eigenvalue weighted by atomic mass is 9.87. The molecule has 2 N–H and O–H groups in total. The number of hydrogen-bond donors (Lipinski definition) is 2. The molecule has 2 atom stereocenters. The molecule has 0 heterocycles.